The third kappa shape index (κ3) is 3.10. The molecule has 0 N–H and O–H groups in total. The molecule has 0 aromatic heterocycles. The van der Waals surface area contributed by atoms with Crippen LogP contribution in [0.25, 0.3) is 0 Å². The average molecular weight is 394 g/mol. The number of thioether (sulfide) groups is 1. The highest BCUT2D eigenvalue weighted by Crippen LogP contribution is 2.40. The van der Waals surface area contributed by atoms with E-state index in [0.29, 0.717) is 17.5 Å². The minimum absolute atomic E-state index is 0.188. The molecule has 0 unspecified atom stereocenters. The molecule has 2 aromatic carbocycles. The van der Waals surface area contributed by atoms with Gasteiger partial charge in [-0.1, -0.05) is 23.7 Å². The maximum absolute atomic E-state index is 13.0. The van der Waals surface area contributed by atoms with Crippen LogP contribution in [0.2, 0.25) is 5.02 Å². The van der Waals surface area contributed by atoms with Crippen LogP contribution in [-0.4, -0.2) is 20.7 Å². The lowest BCUT2D eigenvalue weighted by atomic mass is 10.2. The molecule has 1 aliphatic heterocycles. The second-order valence-corrected chi connectivity index (χ2v) is 8.44. The highest BCUT2D eigenvalue weighted by molar-refractivity contribution is 8.00. The van der Waals surface area contributed by atoms with Crippen molar-refractivity contribution in [1.82, 2.24) is 0 Å². The van der Waals surface area contributed by atoms with Gasteiger partial charge in [0.1, 0.15) is 0 Å². The van der Waals surface area contributed by atoms with Crippen LogP contribution < -0.4 is 4.31 Å². The molecule has 128 valence electrons. The van der Waals surface area contributed by atoms with E-state index in [1.807, 2.05) is 0 Å². The normalized spacial score (nSPS) is 15.2. The summed E-state index contributed by atoms with van der Waals surface area (Å²) in [7, 11) is -4.11. The van der Waals surface area contributed by atoms with Crippen LogP contribution in [0.15, 0.2) is 52.3 Å². The van der Waals surface area contributed by atoms with E-state index < -0.39 is 31.7 Å². The Kier molecular flexibility index (Phi) is 4.48. The molecule has 0 fully saturated rings. The number of nitrogens with zero attached hydrogens (tertiary/aromatic N) is 1. The van der Waals surface area contributed by atoms with Crippen molar-refractivity contribution in [3.63, 3.8) is 0 Å². The topological polar surface area (TPSA) is 37.4 Å². The Hall–Kier alpha value is -1.38. The Morgan fingerprint density at radius 1 is 1.12 bits per heavy atom. The molecule has 3 rings (SSSR count). The first-order chi connectivity index (χ1) is 11.2. The van der Waals surface area contributed by atoms with Gasteiger partial charge >= 0.3 is 6.18 Å². The first kappa shape index (κ1) is 17.4. The largest absolute Gasteiger partial charge is 0.417 e. The van der Waals surface area contributed by atoms with Crippen LogP contribution >= 0.6 is 23.4 Å². The molecule has 24 heavy (non-hydrogen) atoms. The average Bonchev–Trinajstić information content (AvgIpc) is 2.53. The second-order valence-electron chi connectivity index (χ2n) is 5.03. The molecule has 1 heterocycles. The van der Waals surface area contributed by atoms with E-state index in [2.05, 4.69) is 0 Å². The summed E-state index contributed by atoms with van der Waals surface area (Å²) in [5.41, 5.74) is -0.692. The molecule has 0 saturated carbocycles. The number of rotatable bonds is 2. The van der Waals surface area contributed by atoms with Crippen LogP contribution in [0.3, 0.4) is 0 Å². The number of alkyl halides is 3. The molecule has 0 saturated heterocycles. The van der Waals surface area contributed by atoms with Crippen molar-refractivity contribution in [2.75, 3.05) is 16.6 Å². The molecular weight excluding hydrogens is 383 g/mol. The molecule has 0 atom stereocenters. The molecular formula is C15H11ClF3NO2S2. The van der Waals surface area contributed by atoms with Crippen molar-refractivity contribution in [3.8, 4) is 0 Å². The van der Waals surface area contributed by atoms with Gasteiger partial charge in [-0.25, -0.2) is 8.42 Å². The Balaban J connectivity index is 2.10. The van der Waals surface area contributed by atoms with Crippen molar-refractivity contribution in [3.05, 3.63) is 53.1 Å². The maximum atomic E-state index is 13.0. The SMILES string of the molecule is O=S(=O)(c1ccc(Cl)c(C(F)(F)F)c1)N1CCSc2ccccc21. The Morgan fingerprint density at radius 2 is 1.83 bits per heavy atom. The fourth-order valence-electron chi connectivity index (χ4n) is 2.40. The van der Waals surface area contributed by atoms with Gasteiger partial charge in [0, 0.05) is 17.2 Å². The molecule has 0 spiro atoms. The van der Waals surface area contributed by atoms with Gasteiger partial charge in [-0.3, -0.25) is 4.31 Å². The van der Waals surface area contributed by atoms with Gasteiger partial charge in [0.05, 0.1) is 21.2 Å². The summed E-state index contributed by atoms with van der Waals surface area (Å²) in [5, 5.41) is -0.531. The van der Waals surface area contributed by atoms with E-state index in [4.69, 9.17) is 11.6 Å². The van der Waals surface area contributed by atoms with Gasteiger partial charge < -0.3 is 0 Å². The Labute approximate surface area is 146 Å². The maximum Gasteiger partial charge on any atom is 0.417 e. The Morgan fingerprint density at radius 3 is 2.54 bits per heavy atom. The van der Waals surface area contributed by atoms with Gasteiger partial charge in [-0.15, -0.1) is 11.8 Å². The molecule has 1 aliphatic rings. The molecule has 3 nitrogen and oxygen atoms in total. The first-order valence-electron chi connectivity index (χ1n) is 6.82. The Bertz CT molecular complexity index is 885. The van der Waals surface area contributed by atoms with Gasteiger partial charge in [0.25, 0.3) is 10.0 Å². The van der Waals surface area contributed by atoms with Gasteiger partial charge in [0.15, 0.2) is 0 Å². The predicted molar refractivity (Wildman–Crippen MR) is 88.2 cm³/mol. The number of para-hydroxylation sites is 1. The lowest BCUT2D eigenvalue weighted by Crippen LogP contribution is -2.35. The van der Waals surface area contributed by atoms with Gasteiger partial charge in [-0.2, -0.15) is 13.2 Å². The predicted octanol–water partition coefficient (Wildman–Crippen LogP) is 4.66. The fraction of sp³-hybridized carbons (Fsp3) is 0.200. The molecule has 9 heteroatoms. The van der Waals surface area contributed by atoms with Crippen LogP contribution in [0.4, 0.5) is 18.9 Å². The first-order valence-corrected chi connectivity index (χ1v) is 9.63. The summed E-state index contributed by atoms with van der Waals surface area (Å²) in [6.45, 7) is 0.188. The van der Waals surface area contributed by atoms with Crippen molar-refractivity contribution in [2.45, 2.75) is 16.0 Å². The van der Waals surface area contributed by atoms with Gasteiger partial charge in [-0.05, 0) is 30.3 Å². The quantitative estimate of drug-likeness (QED) is 0.744. The highest BCUT2D eigenvalue weighted by atomic mass is 35.5. The summed E-state index contributed by atoms with van der Waals surface area (Å²) >= 11 is 7.07. The number of halogens is 4. The zero-order chi connectivity index (χ0) is 17.5. The standard InChI is InChI=1S/C15H11ClF3NO2S2/c16-12-6-5-10(9-11(12)15(17,18)19)24(21,22)20-7-8-23-14-4-2-1-3-13(14)20/h1-6,9H,7-8H2. The minimum Gasteiger partial charge on any atom is -0.264 e. The van der Waals surface area contributed by atoms with Crippen LogP contribution in [0, 0.1) is 0 Å². The summed E-state index contributed by atoms with van der Waals surface area (Å²) in [4.78, 5) is 0.346. The minimum atomic E-state index is -4.72. The van der Waals surface area contributed by atoms with E-state index in [1.165, 1.54) is 11.8 Å². The van der Waals surface area contributed by atoms with E-state index in [9.17, 15) is 21.6 Å². The second kappa shape index (κ2) is 6.16. The van der Waals surface area contributed by atoms with Crippen LogP contribution in [0.1, 0.15) is 5.56 Å². The van der Waals surface area contributed by atoms with E-state index in [-0.39, 0.29) is 6.54 Å². The van der Waals surface area contributed by atoms with Crippen LogP contribution in [0.5, 0.6) is 0 Å². The molecule has 0 radical (unpaired) electrons. The molecule has 2 aromatic rings. The summed E-state index contributed by atoms with van der Waals surface area (Å²) < 4.78 is 65.8. The van der Waals surface area contributed by atoms with E-state index >= 15 is 0 Å². The third-order valence-electron chi connectivity index (χ3n) is 3.52. The zero-order valence-corrected chi connectivity index (χ0v) is 14.4. The van der Waals surface area contributed by atoms with Crippen molar-refractivity contribution in [1.29, 1.82) is 0 Å². The number of sulfonamides is 1. The summed E-state index contributed by atoms with van der Waals surface area (Å²) in [6.07, 6.45) is -4.72. The van der Waals surface area contributed by atoms with E-state index in [0.717, 1.165) is 21.3 Å². The monoisotopic (exact) mass is 393 g/mol. The molecule has 0 amide bonds. The number of benzene rings is 2. The number of hydrogen-bond donors (Lipinski definition) is 0. The van der Waals surface area contributed by atoms with E-state index in [1.54, 1.807) is 24.3 Å². The van der Waals surface area contributed by atoms with Gasteiger partial charge in [0.2, 0.25) is 0 Å². The van der Waals surface area contributed by atoms with Crippen LogP contribution in [-0.2, 0) is 16.2 Å². The fourth-order valence-corrected chi connectivity index (χ4v) is 5.31. The summed E-state index contributed by atoms with van der Waals surface area (Å²) in [6, 6.07) is 9.54. The molecule has 0 aliphatic carbocycles. The van der Waals surface area contributed by atoms with Crippen molar-refractivity contribution < 1.29 is 21.6 Å². The summed E-state index contributed by atoms with van der Waals surface area (Å²) in [5.74, 6) is 0.524. The zero-order valence-electron chi connectivity index (χ0n) is 12.0. The third-order valence-corrected chi connectivity index (χ3v) is 6.70. The smallest absolute Gasteiger partial charge is 0.264 e. The highest BCUT2D eigenvalue weighted by Gasteiger charge is 2.36. The lowest BCUT2D eigenvalue weighted by molar-refractivity contribution is -0.137. The number of fused-ring (bicyclic) bond motifs is 1. The number of anilines is 1. The lowest BCUT2D eigenvalue weighted by Gasteiger charge is -2.30. The van der Waals surface area contributed by atoms with Crippen molar-refractivity contribution in [2.24, 2.45) is 0 Å². The molecule has 0 bridgehead atoms. The van der Waals surface area contributed by atoms with Crippen molar-refractivity contribution >= 4 is 39.1 Å². The number of hydrogen-bond acceptors (Lipinski definition) is 3.